The number of nitrogens with zero attached hydrogens (tertiary/aromatic N) is 1. The van der Waals surface area contributed by atoms with Crippen molar-refractivity contribution >= 4 is 40.9 Å². The van der Waals surface area contributed by atoms with Crippen LogP contribution in [0.15, 0.2) is 18.2 Å². The van der Waals surface area contributed by atoms with Gasteiger partial charge >= 0.3 is 5.97 Å². The van der Waals surface area contributed by atoms with Crippen molar-refractivity contribution in [1.29, 1.82) is 0 Å². The molecule has 114 valence electrons. The third kappa shape index (κ3) is 3.63. The summed E-state index contributed by atoms with van der Waals surface area (Å²) in [6, 6.07) is 4.17. The molecule has 1 fully saturated rings. The maximum absolute atomic E-state index is 12.7. The van der Waals surface area contributed by atoms with Crippen molar-refractivity contribution in [2.75, 3.05) is 30.4 Å². The van der Waals surface area contributed by atoms with Crippen molar-refractivity contribution in [2.24, 2.45) is 0 Å². The standard InChI is InChI=1S/C14H17ClN2O3S/c1-2-20-14(19)12-8-21-6-5-17(12)13(18)10-7-9(15)3-4-11(10)16/h3-4,7,12H,2,5-6,8,16H2,1H3. The molecule has 1 amide bonds. The molecule has 0 bridgehead atoms. The van der Waals surface area contributed by atoms with Gasteiger partial charge in [-0.3, -0.25) is 4.79 Å². The van der Waals surface area contributed by atoms with Gasteiger partial charge in [0.15, 0.2) is 0 Å². The molecule has 1 aliphatic heterocycles. The molecule has 1 aromatic carbocycles. The number of hydrogen-bond donors (Lipinski definition) is 1. The number of carbonyl (C=O) groups is 2. The van der Waals surface area contributed by atoms with E-state index in [2.05, 4.69) is 0 Å². The molecular weight excluding hydrogens is 312 g/mol. The van der Waals surface area contributed by atoms with Crippen molar-refractivity contribution in [2.45, 2.75) is 13.0 Å². The van der Waals surface area contributed by atoms with E-state index in [9.17, 15) is 9.59 Å². The predicted octanol–water partition coefficient (Wildman–Crippen LogP) is 2.04. The number of esters is 1. The third-order valence-electron chi connectivity index (χ3n) is 3.19. The molecule has 1 unspecified atom stereocenters. The summed E-state index contributed by atoms with van der Waals surface area (Å²) in [7, 11) is 0. The largest absolute Gasteiger partial charge is 0.464 e. The van der Waals surface area contributed by atoms with E-state index < -0.39 is 6.04 Å². The number of nitrogen functional groups attached to an aromatic ring is 1. The fraction of sp³-hybridized carbons (Fsp3) is 0.429. The average molecular weight is 329 g/mol. The molecule has 21 heavy (non-hydrogen) atoms. The Kier molecular flexibility index (Phi) is 5.36. The Morgan fingerprint density at radius 2 is 2.29 bits per heavy atom. The average Bonchev–Trinajstić information content (AvgIpc) is 2.49. The molecule has 5 nitrogen and oxygen atoms in total. The number of halogens is 1. The maximum Gasteiger partial charge on any atom is 0.329 e. The molecule has 0 saturated carbocycles. The summed E-state index contributed by atoms with van der Waals surface area (Å²) in [5.74, 6) is 0.652. The smallest absolute Gasteiger partial charge is 0.329 e. The van der Waals surface area contributed by atoms with Crippen LogP contribution in [0.25, 0.3) is 0 Å². The second-order valence-corrected chi connectivity index (χ2v) is 6.16. The first-order chi connectivity index (χ1) is 10.0. The van der Waals surface area contributed by atoms with Gasteiger partial charge < -0.3 is 15.4 Å². The van der Waals surface area contributed by atoms with Crippen molar-refractivity contribution in [1.82, 2.24) is 4.90 Å². The molecule has 0 aromatic heterocycles. The van der Waals surface area contributed by atoms with E-state index in [0.29, 0.717) is 35.2 Å². The SMILES string of the molecule is CCOC(=O)C1CSCCN1C(=O)c1cc(Cl)ccc1N. The van der Waals surface area contributed by atoms with Gasteiger partial charge in [-0.2, -0.15) is 11.8 Å². The van der Waals surface area contributed by atoms with E-state index in [1.807, 2.05) is 0 Å². The van der Waals surface area contributed by atoms with Crippen molar-refractivity contribution in [3.05, 3.63) is 28.8 Å². The summed E-state index contributed by atoms with van der Waals surface area (Å²) >= 11 is 7.56. The van der Waals surface area contributed by atoms with Gasteiger partial charge in [-0.25, -0.2) is 4.79 Å². The van der Waals surface area contributed by atoms with Gasteiger partial charge in [-0.15, -0.1) is 0 Å². The second kappa shape index (κ2) is 7.04. The molecule has 0 spiro atoms. The van der Waals surface area contributed by atoms with Crippen LogP contribution < -0.4 is 5.73 Å². The number of ether oxygens (including phenoxy) is 1. The Morgan fingerprint density at radius 1 is 1.52 bits per heavy atom. The van der Waals surface area contributed by atoms with Crippen molar-refractivity contribution in [3.8, 4) is 0 Å². The van der Waals surface area contributed by atoms with E-state index in [-0.39, 0.29) is 11.9 Å². The predicted molar refractivity (Wildman–Crippen MR) is 84.6 cm³/mol. The minimum absolute atomic E-state index is 0.284. The molecule has 2 N–H and O–H groups in total. The van der Waals surface area contributed by atoms with Crippen LogP contribution in [0.1, 0.15) is 17.3 Å². The number of anilines is 1. The number of nitrogens with two attached hydrogens (primary N) is 1. The van der Waals surface area contributed by atoms with E-state index in [1.165, 1.54) is 11.0 Å². The molecular formula is C14H17ClN2O3S. The molecule has 2 rings (SSSR count). The summed E-state index contributed by atoms with van der Waals surface area (Å²) in [6.45, 7) is 2.52. The second-order valence-electron chi connectivity index (χ2n) is 4.57. The van der Waals surface area contributed by atoms with Gasteiger partial charge in [-0.1, -0.05) is 11.6 Å². The summed E-state index contributed by atoms with van der Waals surface area (Å²) in [5, 5.41) is 0.437. The zero-order valence-corrected chi connectivity index (χ0v) is 13.2. The van der Waals surface area contributed by atoms with Crippen LogP contribution in [0.3, 0.4) is 0 Å². The third-order valence-corrected chi connectivity index (χ3v) is 4.45. The van der Waals surface area contributed by atoms with Crippen LogP contribution in [0.5, 0.6) is 0 Å². The topological polar surface area (TPSA) is 72.6 Å². The quantitative estimate of drug-likeness (QED) is 0.679. The summed E-state index contributed by atoms with van der Waals surface area (Å²) < 4.78 is 5.05. The molecule has 1 atom stereocenters. The normalized spacial score (nSPS) is 18.4. The van der Waals surface area contributed by atoms with E-state index in [0.717, 1.165) is 5.75 Å². The minimum Gasteiger partial charge on any atom is -0.464 e. The van der Waals surface area contributed by atoms with Gasteiger partial charge in [0.25, 0.3) is 5.91 Å². The molecule has 0 radical (unpaired) electrons. The zero-order chi connectivity index (χ0) is 15.4. The molecule has 0 aliphatic carbocycles. The number of carbonyl (C=O) groups excluding carboxylic acids is 2. The monoisotopic (exact) mass is 328 g/mol. The zero-order valence-electron chi connectivity index (χ0n) is 11.7. The molecule has 1 heterocycles. The number of hydrogen-bond acceptors (Lipinski definition) is 5. The lowest BCUT2D eigenvalue weighted by molar-refractivity contribution is -0.147. The highest BCUT2D eigenvalue weighted by Gasteiger charge is 2.34. The number of rotatable bonds is 3. The van der Waals surface area contributed by atoms with E-state index in [4.69, 9.17) is 22.1 Å². The van der Waals surface area contributed by atoms with Gasteiger partial charge in [0, 0.05) is 28.8 Å². The summed E-state index contributed by atoms with van der Waals surface area (Å²) in [4.78, 5) is 26.2. The van der Waals surface area contributed by atoms with Crippen LogP contribution in [0, 0.1) is 0 Å². The lowest BCUT2D eigenvalue weighted by atomic mass is 10.1. The first-order valence-corrected chi connectivity index (χ1v) is 8.18. The maximum atomic E-state index is 12.7. The first kappa shape index (κ1) is 16.0. The van der Waals surface area contributed by atoms with Crippen molar-refractivity contribution < 1.29 is 14.3 Å². The molecule has 7 heteroatoms. The fourth-order valence-corrected chi connectivity index (χ4v) is 3.35. The van der Waals surface area contributed by atoms with Crippen LogP contribution >= 0.6 is 23.4 Å². The fourth-order valence-electron chi connectivity index (χ4n) is 2.15. The number of amides is 1. The van der Waals surface area contributed by atoms with Crippen LogP contribution in [-0.4, -0.2) is 47.5 Å². The van der Waals surface area contributed by atoms with Gasteiger partial charge in [0.05, 0.1) is 12.2 Å². The van der Waals surface area contributed by atoms with E-state index in [1.54, 1.807) is 30.8 Å². The van der Waals surface area contributed by atoms with Gasteiger partial charge in [0.1, 0.15) is 6.04 Å². The van der Waals surface area contributed by atoms with Crippen LogP contribution in [0.4, 0.5) is 5.69 Å². The lowest BCUT2D eigenvalue weighted by Crippen LogP contribution is -2.51. The van der Waals surface area contributed by atoms with Crippen LogP contribution in [-0.2, 0) is 9.53 Å². The highest BCUT2D eigenvalue weighted by Crippen LogP contribution is 2.24. The summed E-state index contributed by atoms with van der Waals surface area (Å²) in [5.41, 5.74) is 6.52. The van der Waals surface area contributed by atoms with Gasteiger partial charge in [0.2, 0.25) is 0 Å². The molecule has 1 aliphatic rings. The number of benzene rings is 1. The molecule has 1 saturated heterocycles. The highest BCUT2D eigenvalue weighted by atomic mass is 35.5. The lowest BCUT2D eigenvalue weighted by Gasteiger charge is -2.34. The molecule has 1 aromatic rings. The number of thioether (sulfide) groups is 1. The highest BCUT2D eigenvalue weighted by molar-refractivity contribution is 7.99. The Labute approximate surface area is 132 Å². The first-order valence-electron chi connectivity index (χ1n) is 6.65. The van der Waals surface area contributed by atoms with E-state index >= 15 is 0 Å². The minimum atomic E-state index is -0.574. The van der Waals surface area contributed by atoms with Gasteiger partial charge in [-0.05, 0) is 25.1 Å². The summed E-state index contributed by atoms with van der Waals surface area (Å²) in [6.07, 6.45) is 0. The Morgan fingerprint density at radius 3 is 3.00 bits per heavy atom. The van der Waals surface area contributed by atoms with Crippen LogP contribution in [0.2, 0.25) is 5.02 Å². The Bertz CT molecular complexity index is 553. The Hall–Kier alpha value is -1.40. The Balaban J connectivity index is 2.26. The van der Waals surface area contributed by atoms with Crippen molar-refractivity contribution in [3.63, 3.8) is 0 Å².